The first-order valence-electron chi connectivity index (χ1n) is 6.63. The van der Waals surface area contributed by atoms with Gasteiger partial charge in [-0.1, -0.05) is 13.8 Å². The lowest BCUT2D eigenvalue weighted by atomic mass is 9.72. The predicted octanol–water partition coefficient (Wildman–Crippen LogP) is 3.88. The molecule has 2 aliphatic rings. The van der Waals surface area contributed by atoms with Crippen molar-refractivity contribution in [1.29, 1.82) is 0 Å². The number of alkyl halides is 1. The molecule has 3 heteroatoms. The summed E-state index contributed by atoms with van der Waals surface area (Å²) in [5.74, 6) is -0.133. The van der Waals surface area contributed by atoms with Gasteiger partial charge in [-0.3, -0.25) is 4.79 Å². The van der Waals surface area contributed by atoms with E-state index in [9.17, 15) is 9.18 Å². The van der Waals surface area contributed by atoms with Gasteiger partial charge >= 0.3 is 5.97 Å². The summed E-state index contributed by atoms with van der Waals surface area (Å²) in [4.78, 5) is 11.7. The Balaban J connectivity index is 0.000000686. The van der Waals surface area contributed by atoms with E-state index >= 15 is 0 Å². The van der Waals surface area contributed by atoms with Gasteiger partial charge in [0, 0.05) is 5.41 Å². The third-order valence-electron chi connectivity index (χ3n) is 4.72. The van der Waals surface area contributed by atoms with Gasteiger partial charge in [0.2, 0.25) is 0 Å². The number of rotatable bonds is 2. The van der Waals surface area contributed by atoms with E-state index in [2.05, 4.69) is 0 Å². The minimum Gasteiger partial charge on any atom is -0.469 e. The number of carbonyl (C=O) groups excluding carboxylic acids is 1. The molecule has 0 unspecified atom stereocenters. The zero-order chi connectivity index (χ0) is 13.3. The van der Waals surface area contributed by atoms with Gasteiger partial charge in [-0.15, -0.1) is 0 Å². The van der Waals surface area contributed by atoms with Gasteiger partial charge in [0.05, 0.1) is 12.5 Å². The second kappa shape index (κ2) is 4.58. The first kappa shape index (κ1) is 14.5. The van der Waals surface area contributed by atoms with Gasteiger partial charge < -0.3 is 4.74 Å². The molecule has 0 aromatic heterocycles. The molecule has 0 N–H and O–H groups in total. The largest absolute Gasteiger partial charge is 0.469 e. The van der Waals surface area contributed by atoms with E-state index in [-0.39, 0.29) is 16.8 Å². The molecule has 0 saturated heterocycles. The van der Waals surface area contributed by atoms with Crippen molar-refractivity contribution in [2.75, 3.05) is 7.11 Å². The molecule has 0 aliphatic heterocycles. The fraction of sp³-hybridized carbons (Fsp3) is 0.929. The fourth-order valence-corrected chi connectivity index (χ4v) is 3.51. The molecule has 0 radical (unpaired) electrons. The Kier molecular flexibility index (Phi) is 3.90. The van der Waals surface area contributed by atoms with Crippen molar-refractivity contribution in [3.05, 3.63) is 0 Å². The van der Waals surface area contributed by atoms with E-state index in [1.807, 2.05) is 13.8 Å². The highest BCUT2D eigenvalue weighted by Crippen LogP contribution is 2.66. The smallest absolute Gasteiger partial charge is 0.311 e. The van der Waals surface area contributed by atoms with Gasteiger partial charge in [-0.25, -0.2) is 4.39 Å². The Hall–Kier alpha value is -0.600. The van der Waals surface area contributed by atoms with Crippen LogP contribution in [0.3, 0.4) is 0 Å². The number of carbonyl (C=O) groups is 1. The summed E-state index contributed by atoms with van der Waals surface area (Å²) in [6, 6.07) is 0. The Morgan fingerprint density at radius 1 is 1.18 bits per heavy atom. The highest BCUT2D eigenvalue weighted by Gasteiger charge is 2.63. The summed E-state index contributed by atoms with van der Waals surface area (Å²) in [6.45, 7) is 7.29. The molecule has 2 saturated carbocycles. The van der Waals surface area contributed by atoms with Crippen molar-refractivity contribution in [1.82, 2.24) is 0 Å². The zero-order valence-electron chi connectivity index (χ0n) is 11.7. The molecule has 2 rings (SSSR count). The second-order valence-electron chi connectivity index (χ2n) is 5.70. The third kappa shape index (κ3) is 2.09. The molecule has 17 heavy (non-hydrogen) atoms. The summed E-state index contributed by atoms with van der Waals surface area (Å²) in [5, 5.41) is 0. The number of fused-ring (bicyclic) bond motifs is 2. The molecule has 2 aliphatic carbocycles. The van der Waals surface area contributed by atoms with Gasteiger partial charge in [0.1, 0.15) is 5.67 Å². The average molecular weight is 244 g/mol. The Morgan fingerprint density at radius 2 is 1.65 bits per heavy atom. The molecule has 2 fully saturated rings. The summed E-state index contributed by atoms with van der Waals surface area (Å²) in [5.41, 5.74) is -1.82. The van der Waals surface area contributed by atoms with Gasteiger partial charge in [0.15, 0.2) is 0 Å². The maximum absolute atomic E-state index is 14.2. The average Bonchev–Trinajstić information content (AvgIpc) is 2.88. The summed E-state index contributed by atoms with van der Waals surface area (Å²) >= 11 is 0. The quantitative estimate of drug-likeness (QED) is 0.689. The molecule has 2 nitrogen and oxygen atoms in total. The number of hydrogen-bond donors (Lipinski definition) is 0. The minimum absolute atomic E-state index is 0.133. The lowest BCUT2D eigenvalue weighted by Gasteiger charge is -2.36. The minimum atomic E-state index is -1.18. The predicted molar refractivity (Wildman–Crippen MR) is 66.5 cm³/mol. The molecule has 0 spiro atoms. The van der Waals surface area contributed by atoms with Gasteiger partial charge in [-0.2, -0.15) is 0 Å². The highest BCUT2D eigenvalue weighted by atomic mass is 19.1. The first-order valence-corrected chi connectivity index (χ1v) is 6.63. The molecule has 2 bridgehead atoms. The molecular formula is C14H25FO2. The Labute approximate surface area is 104 Å². The van der Waals surface area contributed by atoms with Crippen molar-refractivity contribution in [3.63, 3.8) is 0 Å². The normalized spacial score (nSPS) is 35.2. The lowest BCUT2D eigenvalue weighted by molar-refractivity contribution is -0.152. The van der Waals surface area contributed by atoms with Crippen molar-refractivity contribution >= 4 is 5.97 Å². The Bertz CT molecular complexity index is 283. The van der Waals surface area contributed by atoms with Crippen LogP contribution in [0.2, 0.25) is 0 Å². The van der Waals surface area contributed by atoms with E-state index in [1.165, 1.54) is 7.11 Å². The maximum Gasteiger partial charge on any atom is 0.311 e. The van der Waals surface area contributed by atoms with Crippen molar-refractivity contribution in [2.24, 2.45) is 10.8 Å². The SMILES string of the molecule is CC.COC(=O)C12CCC(C(C)(C)F)(CC1)C2. The first-order chi connectivity index (χ1) is 7.85. The molecular weight excluding hydrogens is 219 g/mol. The molecule has 0 atom stereocenters. The van der Waals surface area contributed by atoms with Crippen LogP contribution in [0.5, 0.6) is 0 Å². The van der Waals surface area contributed by atoms with E-state index in [4.69, 9.17) is 4.74 Å². The Morgan fingerprint density at radius 3 is 1.94 bits per heavy atom. The maximum atomic E-state index is 14.2. The molecule has 100 valence electrons. The number of ether oxygens (including phenoxy) is 1. The van der Waals surface area contributed by atoms with Gasteiger partial charge in [0.25, 0.3) is 0 Å². The number of halogens is 1. The fourth-order valence-electron chi connectivity index (χ4n) is 3.51. The molecule has 0 aromatic carbocycles. The van der Waals surface area contributed by atoms with Crippen LogP contribution in [0, 0.1) is 10.8 Å². The topological polar surface area (TPSA) is 26.3 Å². The zero-order valence-corrected chi connectivity index (χ0v) is 11.7. The number of hydrogen-bond acceptors (Lipinski definition) is 2. The van der Waals surface area contributed by atoms with Crippen LogP contribution in [0.1, 0.15) is 59.8 Å². The van der Waals surface area contributed by atoms with Crippen LogP contribution in [-0.4, -0.2) is 18.7 Å². The highest BCUT2D eigenvalue weighted by molar-refractivity contribution is 5.78. The standard InChI is InChI=1S/C12H19FO2.C2H6/c1-10(2,13)12-6-4-11(8-12,5-7-12)9(14)15-3;1-2/h4-8H2,1-3H3;1-2H3. The number of esters is 1. The van der Waals surface area contributed by atoms with Crippen LogP contribution in [0.15, 0.2) is 0 Å². The number of methoxy groups -OCH3 is 1. The van der Waals surface area contributed by atoms with Crippen LogP contribution < -0.4 is 0 Å². The van der Waals surface area contributed by atoms with Crippen LogP contribution in [-0.2, 0) is 9.53 Å². The lowest BCUT2D eigenvalue weighted by Crippen LogP contribution is -2.36. The van der Waals surface area contributed by atoms with Gasteiger partial charge in [-0.05, 0) is 46.0 Å². The third-order valence-corrected chi connectivity index (χ3v) is 4.72. The van der Waals surface area contributed by atoms with Crippen LogP contribution in [0.25, 0.3) is 0 Å². The van der Waals surface area contributed by atoms with E-state index < -0.39 is 5.67 Å². The molecule has 0 amide bonds. The monoisotopic (exact) mass is 244 g/mol. The van der Waals surface area contributed by atoms with E-state index in [1.54, 1.807) is 13.8 Å². The van der Waals surface area contributed by atoms with Crippen molar-refractivity contribution in [2.45, 2.75) is 65.5 Å². The molecule has 0 heterocycles. The van der Waals surface area contributed by atoms with E-state index in [0.29, 0.717) is 6.42 Å². The van der Waals surface area contributed by atoms with Crippen LogP contribution >= 0.6 is 0 Å². The van der Waals surface area contributed by atoms with E-state index in [0.717, 1.165) is 25.7 Å². The molecule has 0 aromatic rings. The van der Waals surface area contributed by atoms with Crippen molar-refractivity contribution < 1.29 is 13.9 Å². The van der Waals surface area contributed by atoms with Crippen LogP contribution in [0.4, 0.5) is 4.39 Å². The summed E-state index contributed by atoms with van der Waals surface area (Å²) in [6.07, 6.45) is 3.92. The second-order valence-corrected chi connectivity index (χ2v) is 5.70. The summed E-state index contributed by atoms with van der Waals surface area (Å²) < 4.78 is 19.0. The van der Waals surface area contributed by atoms with Crippen molar-refractivity contribution in [3.8, 4) is 0 Å². The summed E-state index contributed by atoms with van der Waals surface area (Å²) in [7, 11) is 1.43.